The Bertz CT molecular complexity index is 739. The molecular formula is C20H24BrN3O2. The first-order valence-corrected chi connectivity index (χ1v) is 9.64. The zero-order valence-electron chi connectivity index (χ0n) is 15.3. The van der Waals surface area contributed by atoms with Crippen LogP contribution in [0.4, 0.5) is 5.82 Å². The fraction of sp³-hybridized carbons (Fsp3) is 0.400. The van der Waals surface area contributed by atoms with Crippen molar-refractivity contribution >= 4 is 27.7 Å². The van der Waals surface area contributed by atoms with E-state index in [1.165, 1.54) is 0 Å². The van der Waals surface area contributed by atoms with Crippen molar-refractivity contribution in [2.75, 3.05) is 18.0 Å². The normalized spacial score (nSPS) is 21.3. The molecule has 0 bridgehead atoms. The van der Waals surface area contributed by atoms with Gasteiger partial charge in [0.15, 0.2) is 0 Å². The van der Waals surface area contributed by atoms with Crippen LogP contribution in [0.2, 0.25) is 0 Å². The Labute approximate surface area is 162 Å². The molecule has 3 rings (SSSR count). The summed E-state index contributed by atoms with van der Waals surface area (Å²) in [5, 5.41) is 3.02. The number of rotatable bonds is 4. The summed E-state index contributed by atoms with van der Waals surface area (Å²) in [4.78, 5) is 19.2. The summed E-state index contributed by atoms with van der Waals surface area (Å²) < 4.78 is 6.78. The number of benzene rings is 1. The number of hydrogen-bond acceptors (Lipinski definition) is 4. The van der Waals surface area contributed by atoms with Crippen LogP contribution in [0.25, 0.3) is 0 Å². The quantitative estimate of drug-likeness (QED) is 0.817. The number of pyridine rings is 1. The van der Waals surface area contributed by atoms with Gasteiger partial charge in [-0.2, -0.15) is 0 Å². The van der Waals surface area contributed by atoms with Crippen LogP contribution in [0.3, 0.4) is 0 Å². The zero-order chi connectivity index (χ0) is 18.7. The molecule has 1 aliphatic heterocycles. The standard InChI is InChI=1S/C20H24BrN3O2/c1-13-11-24(12-14(2)26-13)19-9-6-17(10-22-19)20(25)23-15(3)16-4-7-18(21)8-5-16/h4-10,13-15H,11-12H2,1-3H3,(H,23,25)/t13-,14+,15-/m1/s1. The van der Waals surface area contributed by atoms with Gasteiger partial charge in [0.1, 0.15) is 5.82 Å². The Hall–Kier alpha value is -1.92. The van der Waals surface area contributed by atoms with E-state index >= 15 is 0 Å². The molecule has 0 spiro atoms. The van der Waals surface area contributed by atoms with Gasteiger partial charge in [-0.1, -0.05) is 28.1 Å². The van der Waals surface area contributed by atoms with Crippen LogP contribution in [0.1, 0.15) is 42.7 Å². The number of anilines is 1. The second-order valence-corrected chi connectivity index (χ2v) is 7.73. The second kappa shape index (κ2) is 8.18. The molecule has 1 aromatic heterocycles. The highest BCUT2D eigenvalue weighted by Crippen LogP contribution is 2.20. The van der Waals surface area contributed by atoms with Crippen molar-refractivity contribution in [3.05, 3.63) is 58.2 Å². The lowest BCUT2D eigenvalue weighted by molar-refractivity contribution is -0.00546. The number of morpholine rings is 1. The molecule has 0 radical (unpaired) electrons. The Morgan fingerprint density at radius 3 is 2.42 bits per heavy atom. The smallest absolute Gasteiger partial charge is 0.253 e. The van der Waals surface area contributed by atoms with Gasteiger partial charge in [-0.25, -0.2) is 4.98 Å². The van der Waals surface area contributed by atoms with Crippen molar-refractivity contribution in [3.8, 4) is 0 Å². The van der Waals surface area contributed by atoms with Crippen molar-refractivity contribution in [2.45, 2.75) is 39.0 Å². The van der Waals surface area contributed by atoms with Gasteiger partial charge in [-0.15, -0.1) is 0 Å². The molecule has 2 heterocycles. The lowest BCUT2D eigenvalue weighted by atomic mass is 10.1. The minimum atomic E-state index is -0.122. The summed E-state index contributed by atoms with van der Waals surface area (Å²) in [6.07, 6.45) is 2.00. The van der Waals surface area contributed by atoms with E-state index in [2.05, 4.69) is 45.0 Å². The highest BCUT2D eigenvalue weighted by molar-refractivity contribution is 9.10. The number of ether oxygens (including phenoxy) is 1. The van der Waals surface area contributed by atoms with Crippen LogP contribution in [0.5, 0.6) is 0 Å². The Morgan fingerprint density at radius 2 is 1.85 bits per heavy atom. The first-order chi connectivity index (χ1) is 12.4. The number of nitrogens with zero attached hydrogens (tertiary/aromatic N) is 2. The average Bonchev–Trinajstić information content (AvgIpc) is 2.61. The molecule has 1 N–H and O–H groups in total. The van der Waals surface area contributed by atoms with Crippen molar-refractivity contribution in [3.63, 3.8) is 0 Å². The highest BCUT2D eigenvalue weighted by atomic mass is 79.9. The number of halogens is 1. The topological polar surface area (TPSA) is 54.5 Å². The maximum Gasteiger partial charge on any atom is 0.253 e. The maximum atomic E-state index is 12.5. The van der Waals surface area contributed by atoms with Crippen molar-refractivity contribution in [1.82, 2.24) is 10.3 Å². The third-order valence-electron chi connectivity index (χ3n) is 4.47. The minimum absolute atomic E-state index is 0.0729. The molecule has 6 heteroatoms. The van der Waals surface area contributed by atoms with Crippen LogP contribution < -0.4 is 10.2 Å². The van der Waals surface area contributed by atoms with E-state index in [-0.39, 0.29) is 24.2 Å². The monoisotopic (exact) mass is 417 g/mol. The third-order valence-corrected chi connectivity index (χ3v) is 5.00. The van der Waals surface area contributed by atoms with Gasteiger partial charge in [0, 0.05) is 23.8 Å². The maximum absolute atomic E-state index is 12.5. The van der Waals surface area contributed by atoms with E-state index in [9.17, 15) is 4.79 Å². The number of nitrogens with one attached hydrogen (secondary N) is 1. The van der Waals surface area contributed by atoms with Crippen LogP contribution in [-0.2, 0) is 4.74 Å². The predicted molar refractivity (Wildman–Crippen MR) is 106 cm³/mol. The third kappa shape index (κ3) is 4.62. The molecule has 3 atom stereocenters. The molecule has 0 aliphatic carbocycles. The Kier molecular flexibility index (Phi) is 5.94. The Balaban J connectivity index is 1.64. The summed E-state index contributed by atoms with van der Waals surface area (Å²) in [6, 6.07) is 11.6. The fourth-order valence-electron chi connectivity index (χ4n) is 3.19. The number of hydrogen-bond donors (Lipinski definition) is 1. The zero-order valence-corrected chi connectivity index (χ0v) is 16.9. The van der Waals surface area contributed by atoms with Crippen molar-refractivity contribution in [2.24, 2.45) is 0 Å². The predicted octanol–water partition coefficient (Wildman–Crippen LogP) is 3.95. The van der Waals surface area contributed by atoms with Gasteiger partial charge in [-0.3, -0.25) is 4.79 Å². The minimum Gasteiger partial charge on any atom is -0.372 e. The lowest BCUT2D eigenvalue weighted by Crippen LogP contribution is -2.45. The average molecular weight is 418 g/mol. The van der Waals surface area contributed by atoms with E-state index in [4.69, 9.17) is 4.74 Å². The van der Waals surface area contributed by atoms with Gasteiger partial charge < -0.3 is 15.0 Å². The van der Waals surface area contributed by atoms with Gasteiger partial charge in [0.2, 0.25) is 0 Å². The summed E-state index contributed by atoms with van der Waals surface area (Å²) >= 11 is 3.42. The first kappa shape index (κ1) is 18.9. The van der Waals surface area contributed by atoms with Crippen LogP contribution in [0.15, 0.2) is 47.1 Å². The summed E-state index contributed by atoms with van der Waals surface area (Å²) in [7, 11) is 0. The van der Waals surface area contributed by atoms with Gasteiger partial charge in [0.05, 0.1) is 23.8 Å². The van der Waals surface area contributed by atoms with E-state index in [1.807, 2.05) is 43.3 Å². The second-order valence-electron chi connectivity index (χ2n) is 6.81. The van der Waals surface area contributed by atoms with Crippen LogP contribution >= 0.6 is 15.9 Å². The molecule has 0 unspecified atom stereocenters. The van der Waals surface area contributed by atoms with E-state index < -0.39 is 0 Å². The van der Waals surface area contributed by atoms with Crippen molar-refractivity contribution in [1.29, 1.82) is 0 Å². The van der Waals surface area contributed by atoms with E-state index in [0.29, 0.717) is 5.56 Å². The van der Waals surface area contributed by atoms with E-state index in [1.54, 1.807) is 6.20 Å². The number of aromatic nitrogens is 1. The summed E-state index contributed by atoms with van der Waals surface area (Å²) in [5.74, 6) is 0.757. The molecule has 1 saturated heterocycles. The van der Waals surface area contributed by atoms with Crippen LogP contribution in [0, 0.1) is 0 Å². The lowest BCUT2D eigenvalue weighted by Gasteiger charge is -2.36. The molecule has 0 saturated carbocycles. The largest absolute Gasteiger partial charge is 0.372 e. The SMILES string of the molecule is C[C@@H]1CN(c2ccc(C(=O)N[C@H](C)c3ccc(Br)cc3)cn2)C[C@H](C)O1. The molecule has 2 aromatic rings. The fourth-order valence-corrected chi connectivity index (χ4v) is 3.45. The molecule has 1 aromatic carbocycles. The molecule has 1 aliphatic rings. The summed E-state index contributed by atoms with van der Waals surface area (Å²) in [5.41, 5.74) is 1.62. The molecular weight excluding hydrogens is 394 g/mol. The van der Waals surface area contributed by atoms with Gasteiger partial charge >= 0.3 is 0 Å². The van der Waals surface area contributed by atoms with Crippen molar-refractivity contribution < 1.29 is 9.53 Å². The molecule has 5 nitrogen and oxygen atoms in total. The number of carbonyl (C=O) groups is 1. The van der Waals surface area contributed by atoms with Gasteiger partial charge in [0.25, 0.3) is 5.91 Å². The van der Waals surface area contributed by atoms with Gasteiger partial charge in [-0.05, 0) is 50.6 Å². The highest BCUT2D eigenvalue weighted by Gasteiger charge is 2.23. The molecule has 1 amide bonds. The molecule has 26 heavy (non-hydrogen) atoms. The van der Waals surface area contributed by atoms with Crippen LogP contribution in [-0.4, -0.2) is 36.2 Å². The summed E-state index contributed by atoms with van der Waals surface area (Å²) in [6.45, 7) is 7.72. The first-order valence-electron chi connectivity index (χ1n) is 8.85. The number of carbonyl (C=O) groups excluding carboxylic acids is 1. The molecule has 138 valence electrons. The molecule has 1 fully saturated rings. The number of amides is 1. The van der Waals surface area contributed by atoms with E-state index in [0.717, 1.165) is 28.9 Å². The Morgan fingerprint density at radius 1 is 1.19 bits per heavy atom.